The van der Waals surface area contributed by atoms with Crippen molar-refractivity contribution in [2.45, 2.75) is 179 Å². The van der Waals surface area contributed by atoms with Crippen LogP contribution in [0.15, 0.2) is 35.4 Å². The number of aliphatic hydroxyl groups is 1. The van der Waals surface area contributed by atoms with E-state index in [2.05, 4.69) is 53.8 Å². The molecule has 0 saturated heterocycles. The van der Waals surface area contributed by atoms with Crippen molar-refractivity contribution in [3.8, 4) is 0 Å². The number of carbonyl (C=O) groups is 3. The Morgan fingerprint density at radius 1 is 0.895 bits per heavy atom. The van der Waals surface area contributed by atoms with Gasteiger partial charge < -0.3 is 19.9 Å². The van der Waals surface area contributed by atoms with Gasteiger partial charge in [0, 0.05) is 35.4 Å². The molecule has 9 atom stereocenters. The van der Waals surface area contributed by atoms with E-state index in [0.717, 1.165) is 62.5 Å². The SMILES string of the molecule is C.CC(C)C1=C2[C@H]3CC[C@@H]4[C@@]5(C)CC[C@H](OC(=O)CC(C)(C)C(=O)OC(C)(C)C)C(C)(C)[C@@H]5CC[C@@]4(C)[C@]3(C)CC[C@@]2([C@@H](O)CNCc2ccc(Cl)cc2)CC1=O. The molecule has 0 unspecified atom stereocenters. The van der Waals surface area contributed by atoms with E-state index in [9.17, 15) is 19.5 Å². The van der Waals surface area contributed by atoms with Gasteiger partial charge in [-0.15, -0.1) is 0 Å². The molecule has 5 aliphatic rings. The third-order valence-corrected chi connectivity index (χ3v) is 16.7. The van der Waals surface area contributed by atoms with Gasteiger partial charge in [0.15, 0.2) is 5.78 Å². The standard InChI is InChI=1S/C48H72ClNO6.CH4/c1-29(2)39-33(51)25-48(36(52)28-50-27-30-13-15-31(49)16-14-30)24-23-46(11)32(40(39)48)17-18-35-45(10)21-20-37(44(8,9)34(45)19-22-47(35,46)12)55-38(53)26-43(6,7)41(54)56-42(3,4)5;/h13-16,29,32,34-37,50,52H,17-28H2,1-12H3;1H4/t32-,34+,35-,36+,37+,45+,46-,47-,48+;/m1./s1. The smallest absolute Gasteiger partial charge is 0.312 e. The molecule has 8 heteroatoms. The summed E-state index contributed by atoms with van der Waals surface area (Å²) in [5.74, 6) is 0.776. The first-order valence-electron chi connectivity index (χ1n) is 21.7. The predicted molar refractivity (Wildman–Crippen MR) is 229 cm³/mol. The zero-order valence-electron chi connectivity index (χ0n) is 36.6. The summed E-state index contributed by atoms with van der Waals surface area (Å²) in [4.78, 5) is 40.6. The minimum absolute atomic E-state index is 0. The van der Waals surface area contributed by atoms with Gasteiger partial charge >= 0.3 is 11.9 Å². The number of Topliss-reactive ketones (excluding diaryl/α,β-unsaturated/α-hetero) is 1. The van der Waals surface area contributed by atoms with Crippen LogP contribution in [0.2, 0.25) is 5.02 Å². The Hall–Kier alpha value is -2.22. The van der Waals surface area contributed by atoms with Crippen molar-refractivity contribution < 1.29 is 29.0 Å². The van der Waals surface area contributed by atoms with Crippen molar-refractivity contribution in [2.24, 2.45) is 56.2 Å². The van der Waals surface area contributed by atoms with Gasteiger partial charge in [0.1, 0.15) is 11.7 Å². The lowest BCUT2D eigenvalue weighted by molar-refractivity contribution is -0.235. The molecule has 57 heavy (non-hydrogen) atoms. The van der Waals surface area contributed by atoms with Crippen LogP contribution in [0.4, 0.5) is 0 Å². The fraction of sp³-hybridized carbons (Fsp3) is 0.776. The Kier molecular flexibility index (Phi) is 12.6. The molecule has 0 radical (unpaired) electrons. The highest BCUT2D eigenvalue weighted by Crippen LogP contribution is 2.77. The second-order valence-electron chi connectivity index (χ2n) is 22.0. The van der Waals surface area contributed by atoms with E-state index in [-0.39, 0.29) is 71.2 Å². The number of hydrogen-bond acceptors (Lipinski definition) is 7. The molecule has 5 aliphatic carbocycles. The van der Waals surface area contributed by atoms with Gasteiger partial charge in [0.05, 0.1) is 17.9 Å². The van der Waals surface area contributed by atoms with Crippen molar-refractivity contribution in [3.63, 3.8) is 0 Å². The van der Waals surface area contributed by atoms with Crippen molar-refractivity contribution >= 4 is 29.3 Å². The van der Waals surface area contributed by atoms with Crippen molar-refractivity contribution in [1.82, 2.24) is 5.32 Å². The summed E-state index contributed by atoms with van der Waals surface area (Å²) in [6.07, 6.45) is 7.45. The maximum absolute atomic E-state index is 14.1. The van der Waals surface area contributed by atoms with Crippen LogP contribution in [0.1, 0.15) is 160 Å². The average molecular weight is 811 g/mol. The van der Waals surface area contributed by atoms with E-state index >= 15 is 0 Å². The molecule has 1 aromatic rings. The largest absolute Gasteiger partial charge is 0.462 e. The van der Waals surface area contributed by atoms with Crippen LogP contribution in [0.25, 0.3) is 0 Å². The molecule has 2 N–H and O–H groups in total. The molecule has 0 spiro atoms. The molecule has 0 aliphatic heterocycles. The number of halogens is 1. The summed E-state index contributed by atoms with van der Waals surface area (Å²) in [5, 5.41) is 16.4. The number of benzene rings is 1. The van der Waals surface area contributed by atoms with Gasteiger partial charge in [0.25, 0.3) is 0 Å². The molecule has 4 fully saturated rings. The zero-order valence-corrected chi connectivity index (χ0v) is 37.4. The van der Waals surface area contributed by atoms with E-state index in [1.54, 1.807) is 13.8 Å². The molecule has 0 amide bonds. The monoisotopic (exact) mass is 810 g/mol. The summed E-state index contributed by atoms with van der Waals surface area (Å²) in [7, 11) is 0. The van der Waals surface area contributed by atoms with Gasteiger partial charge in [-0.1, -0.05) is 85.2 Å². The van der Waals surface area contributed by atoms with Crippen molar-refractivity contribution in [1.29, 1.82) is 0 Å². The first-order valence-corrected chi connectivity index (χ1v) is 22.0. The number of aliphatic hydroxyl groups excluding tert-OH is 1. The average Bonchev–Trinajstić information content (AvgIpc) is 3.39. The topological polar surface area (TPSA) is 102 Å². The molecule has 6 rings (SSSR count). The van der Waals surface area contributed by atoms with E-state index in [1.807, 2.05) is 45.0 Å². The molecular weight excluding hydrogens is 734 g/mol. The maximum atomic E-state index is 14.1. The van der Waals surface area contributed by atoms with Crippen LogP contribution >= 0.6 is 11.6 Å². The molecule has 4 saturated carbocycles. The van der Waals surface area contributed by atoms with Gasteiger partial charge in [-0.3, -0.25) is 14.4 Å². The molecule has 0 bridgehead atoms. The number of carbonyl (C=O) groups excluding carboxylic acids is 3. The highest BCUT2D eigenvalue weighted by Gasteiger charge is 2.70. The number of fused-ring (bicyclic) bond motifs is 7. The minimum atomic E-state index is -0.977. The summed E-state index contributed by atoms with van der Waals surface area (Å²) in [6.45, 7) is 26.7. The van der Waals surface area contributed by atoms with Gasteiger partial charge in [-0.25, -0.2) is 0 Å². The Morgan fingerprint density at radius 2 is 1.54 bits per heavy atom. The number of ether oxygens (including phenoxy) is 2. The number of nitrogens with one attached hydrogen (secondary N) is 1. The fourth-order valence-electron chi connectivity index (χ4n) is 13.5. The van der Waals surface area contributed by atoms with Crippen LogP contribution < -0.4 is 5.32 Å². The van der Waals surface area contributed by atoms with Crippen LogP contribution in [0.5, 0.6) is 0 Å². The number of rotatable bonds is 10. The number of esters is 2. The van der Waals surface area contributed by atoms with Crippen LogP contribution in [0, 0.1) is 56.2 Å². The molecular formula is C49H76ClNO6. The van der Waals surface area contributed by atoms with Gasteiger partial charge in [-0.2, -0.15) is 0 Å². The van der Waals surface area contributed by atoms with Crippen molar-refractivity contribution in [3.05, 3.63) is 46.0 Å². The third-order valence-electron chi connectivity index (χ3n) is 16.5. The van der Waals surface area contributed by atoms with Gasteiger partial charge in [-0.05, 0) is 149 Å². The van der Waals surface area contributed by atoms with E-state index in [0.29, 0.717) is 36.4 Å². The lowest BCUT2D eigenvalue weighted by atomic mass is 9.33. The normalized spacial score (nSPS) is 35.3. The van der Waals surface area contributed by atoms with Gasteiger partial charge in [0.2, 0.25) is 0 Å². The van der Waals surface area contributed by atoms with Crippen LogP contribution in [0.3, 0.4) is 0 Å². The summed E-state index contributed by atoms with van der Waals surface area (Å²) in [6, 6.07) is 7.81. The second-order valence-corrected chi connectivity index (χ2v) is 22.5. The van der Waals surface area contributed by atoms with E-state index in [1.165, 1.54) is 5.57 Å². The highest BCUT2D eigenvalue weighted by molar-refractivity contribution is 6.30. The van der Waals surface area contributed by atoms with E-state index < -0.39 is 22.5 Å². The first-order chi connectivity index (χ1) is 25.8. The fourth-order valence-corrected chi connectivity index (χ4v) is 13.6. The highest BCUT2D eigenvalue weighted by atomic mass is 35.5. The van der Waals surface area contributed by atoms with Crippen LogP contribution in [-0.4, -0.2) is 47.2 Å². The van der Waals surface area contributed by atoms with E-state index in [4.69, 9.17) is 21.1 Å². The van der Waals surface area contributed by atoms with Crippen molar-refractivity contribution in [2.75, 3.05) is 6.54 Å². The number of hydrogen-bond donors (Lipinski definition) is 2. The third kappa shape index (κ3) is 7.82. The Labute approximate surface area is 350 Å². The maximum Gasteiger partial charge on any atom is 0.312 e. The lowest BCUT2D eigenvalue weighted by Gasteiger charge is -2.72. The Bertz CT molecular complexity index is 1720. The molecule has 7 nitrogen and oxygen atoms in total. The Morgan fingerprint density at radius 3 is 2.16 bits per heavy atom. The molecule has 0 heterocycles. The molecule has 320 valence electrons. The second kappa shape index (κ2) is 15.7. The minimum Gasteiger partial charge on any atom is -0.462 e. The first kappa shape index (κ1) is 45.9. The van der Waals surface area contributed by atoms with Crippen LogP contribution in [-0.2, 0) is 30.4 Å². The summed E-state index contributed by atoms with van der Waals surface area (Å²) < 4.78 is 12.0. The number of ketones is 1. The summed E-state index contributed by atoms with van der Waals surface area (Å²) >= 11 is 6.12. The number of allylic oxidation sites excluding steroid dienone is 1. The quantitative estimate of drug-likeness (QED) is 0.227. The Balaban J connectivity index is 0.00000620. The summed E-state index contributed by atoms with van der Waals surface area (Å²) in [5.41, 5.74) is 1.17. The molecule has 1 aromatic carbocycles. The lowest BCUT2D eigenvalue weighted by Crippen LogP contribution is -2.66. The predicted octanol–water partition coefficient (Wildman–Crippen LogP) is 11.1. The molecule has 0 aromatic heterocycles. The zero-order chi connectivity index (χ0) is 41.4.